The molecule has 3 heterocycles. The van der Waals surface area contributed by atoms with Crippen LogP contribution in [-0.4, -0.2) is 76.7 Å². The number of phenolic OH excluding ortho intramolecular Hbond substituents is 1. The molecule has 1 aromatic carbocycles. The molecule has 4 rings (SSSR count). The van der Waals surface area contributed by atoms with E-state index in [1.165, 1.54) is 6.07 Å². The van der Waals surface area contributed by atoms with Gasteiger partial charge in [-0.2, -0.15) is 0 Å². The number of ether oxygens (including phenoxy) is 1. The number of aromatic nitrogens is 3. The summed E-state index contributed by atoms with van der Waals surface area (Å²) in [7, 11) is 1.65. The highest BCUT2D eigenvalue weighted by atomic mass is 16.6. The van der Waals surface area contributed by atoms with Crippen molar-refractivity contribution in [1.29, 1.82) is 0 Å². The Bertz CT molecular complexity index is 1070. The average molecular weight is 390 g/mol. The summed E-state index contributed by atoms with van der Waals surface area (Å²) in [5.41, 5.74) is 1.45. The topological polar surface area (TPSA) is 170 Å². The second kappa shape index (κ2) is 6.56. The summed E-state index contributed by atoms with van der Waals surface area (Å²) < 4.78 is 6.80. The minimum atomic E-state index is -1.78. The number of rotatable bonds is 3. The molecule has 1 saturated heterocycles. The zero-order valence-electron chi connectivity index (χ0n) is 14.6. The maximum Gasteiger partial charge on any atom is 0.335 e. The fraction of sp³-hybridized carbons (Fsp3) is 0.353. The fourth-order valence-electron chi connectivity index (χ4n) is 3.33. The predicted octanol–water partition coefficient (Wildman–Crippen LogP) is -0.869. The van der Waals surface area contributed by atoms with Gasteiger partial charge in [-0.05, 0) is 12.1 Å². The zero-order valence-corrected chi connectivity index (χ0v) is 14.6. The van der Waals surface area contributed by atoms with Crippen molar-refractivity contribution in [3.63, 3.8) is 0 Å². The second-order valence-electron chi connectivity index (χ2n) is 6.59. The summed E-state index contributed by atoms with van der Waals surface area (Å²) in [6.45, 7) is 0. The van der Waals surface area contributed by atoms with E-state index in [2.05, 4.69) is 15.3 Å². The van der Waals surface area contributed by atoms with Gasteiger partial charge in [-0.3, -0.25) is 4.98 Å². The lowest BCUT2D eigenvalue weighted by Gasteiger charge is -2.39. The van der Waals surface area contributed by atoms with Crippen molar-refractivity contribution in [3.05, 3.63) is 24.4 Å². The fourth-order valence-corrected chi connectivity index (χ4v) is 3.33. The highest BCUT2D eigenvalue weighted by Gasteiger charge is 2.47. The Kier molecular flexibility index (Phi) is 4.31. The second-order valence-corrected chi connectivity index (χ2v) is 6.59. The standard InChI is InChI=1S/C17H18N4O7/c1-21-7-5-8(22)10-6(3-2-4-18-10)9(7)19-17(21)20-15-13(25)11(23)12(24)14(28-15)16(26)27/h2-5,11-15,22-25H,1H3,(H,19,20)(H,26,27)/t11-,12-,13+,14-,15+/m0/s1. The van der Waals surface area contributed by atoms with E-state index in [9.17, 15) is 25.2 Å². The highest BCUT2D eigenvalue weighted by molar-refractivity contribution is 6.06. The molecule has 6 N–H and O–H groups in total. The molecule has 0 unspecified atom stereocenters. The van der Waals surface area contributed by atoms with Gasteiger partial charge in [0.2, 0.25) is 5.95 Å². The number of carboxylic acids is 1. The molecule has 0 radical (unpaired) electrons. The van der Waals surface area contributed by atoms with Crippen LogP contribution in [0.15, 0.2) is 24.4 Å². The van der Waals surface area contributed by atoms with E-state index < -0.39 is 36.6 Å². The summed E-state index contributed by atoms with van der Waals surface area (Å²) in [5.74, 6) is -1.31. The van der Waals surface area contributed by atoms with Crippen molar-refractivity contribution in [2.24, 2.45) is 7.05 Å². The van der Waals surface area contributed by atoms with E-state index in [0.717, 1.165) is 0 Å². The number of pyridine rings is 1. The molecule has 0 amide bonds. The van der Waals surface area contributed by atoms with E-state index in [1.54, 1.807) is 29.9 Å². The Hall–Kier alpha value is -2.99. The molecular formula is C17H18N4O7. The number of aromatic hydroxyl groups is 1. The average Bonchev–Trinajstić information content (AvgIpc) is 2.98. The van der Waals surface area contributed by atoms with Crippen molar-refractivity contribution in [2.75, 3.05) is 5.32 Å². The lowest BCUT2D eigenvalue weighted by molar-refractivity contribution is -0.221. The number of carboxylic acid groups (broad SMARTS) is 1. The monoisotopic (exact) mass is 390 g/mol. The Balaban J connectivity index is 1.74. The number of anilines is 1. The van der Waals surface area contributed by atoms with Crippen LogP contribution in [0.5, 0.6) is 5.75 Å². The lowest BCUT2D eigenvalue weighted by Crippen LogP contribution is -2.61. The molecule has 5 atom stereocenters. The minimum Gasteiger partial charge on any atom is -0.506 e. The first-order valence-electron chi connectivity index (χ1n) is 8.41. The Morgan fingerprint density at radius 3 is 2.68 bits per heavy atom. The van der Waals surface area contributed by atoms with E-state index in [1.807, 2.05) is 0 Å². The maximum atomic E-state index is 11.2. The number of hydrogen-bond donors (Lipinski definition) is 6. The molecule has 0 spiro atoms. The highest BCUT2D eigenvalue weighted by Crippen LogP contribution is 2.33. The largest absolute Gasteiger partial charge is 0.506 e. The number of aliphatic hydroxyl groups excluding tert-OH is 3. The van der Waals surface area contributed by atoms with Crippen molar-refractivity contribution < 1.29 is 35.1 Å². The van der Waals surface area contributed by atoms with Crippen LogP contribution in [0.1, 0.15) is 0 Å². The van der Waals surface area contributed by atoms with Gasteiger partial charge < -0.3 is 40.2 Å². The first-order valence-corrected chi connectivity index (χ1v) is 8.41. The quantitative estimate of drug-likeness (QED) is 0.330. The number of imidazole rings is 1. The van der Waals surface area contributed by atoms with Crippen LogP contribution < -0.4 is 5.32 Å². The Morgan fingerprint density at radius 2 is 1.96 bits per heavy atom. The molecule has 3 aromatic rings. The number of carbonyl (C=O) groups is 1. The van der Waals surface area contributed by atoms with Crippen LogP contribution in [-0.2, 0) is 16.6 Å². The summed E-state index contributed by atoms with van der Waals surface area (Å²) in [5, 5.41) is 52.6. The Labute approximate surface area is 157 Å². The molecule has 2 aromatic heterocycles. The molecule has 1 aliphatic rings. The van der Waals surface area contributed by atoms with E-state index in [-0.39, 0.29) is 11.7 Å². The van der Waals surface area contributed by atoms with Crippen LogP contribution in [0.3, 0.4) is 0 Å². The molecule has 1 aliphatic heterocycles. The van der Waals surface area contributed by atoms with Crippen LogP contribution in [0.2, 0.25) is 0 Å². The number of nitrogens with zero attached hydrogens (tertiary/aromatic N) is 3. The molecule has 148 valence electrons. The van der Waals surface area contributed by atoms with Gasteiger partial charge in [0.25, 0.3) is 0 Å². The summed E-state index contributed by atoms with van der Waals surface area (Å²) in [4.78, 5) is 19.8. The number of fused-ring (bicyclic) bond motifs is 3. The van der Waals surface area contributed by atoms with Gasteiger partial charge in [0.15, 0.2) is 12.3 Å². The molecule has 0 bridgehead atoms. The summed E-state index contributed by atoms with van der Waals surface area (Å²) in [6, 6.07) is 4.93. The van der Waals surface area contributed by atoms with Gasteiger partial charge in [-0.1, -0.05) is 0 Å². The van der Waals surface area contributed by atoms with E-state index in [0.29, 0.717) is 21.9 Å². The lowest BCUT2D eigenvalue weighted by atomic mass is 9.98. The van der Waals surface area contributed by atoms with Crippen molar-refractivity contribution in [3.8, 4) is 5.75 Å². The minimum absolute atomic E-state index is 0.0314. The zero-order chi connectivity index (χ0) is 20.2. The third-order valence-corrected chi connectivity index (χ3v) is 4.85. The molecule has 11 nitrogen and oxygen atoms in total. The first-order chi connectivity index (χ1) is 13.3. The number of aryl methyl sites for hydroxylation is 1. The van der Waals surface area contributed by atoms with Crippen molar-refractivity contribution in [2.45, 2.75) is 30.6 Å². The number of nitrogens with one attached hydrogen (secondary N) is 1. The third kappa shape index (κ3) is 2.72. The Morgan fingerprint density at radius 1 is 1.21 bits per heavy atom. The normalized spacial score (nSPS) is 27.9. The third-order valence-electron chi connectivity index (χ3n) is 4.85. The maximum absolute atomic E-state index is 11.2. The summed E-state index contributed by atoms with van der Waals surface area (Å²) in [6.07, 6.45) is -6.63. The number of benzene rings is 1. The van der Waals surface area contributed by atoms with Gasteiger partial charge in [0.05, 0.1) is 5.52 Å². The smallest absolute Gasteiger partial charge is 0.335 e. The van der Waals surface area contributed by atoms with Crippen LogP contribution in [0.25, 0.3) is 21.9 Å². The molecule has 1 fully saturated rings. The van der Waals surface area contributed by atoms with E-state index in [4.69, 9.17) is 9.84 Å². The molecule has 28 heavy (non-hydrogen) atoms. The van der Waals surface area contributed by atoms with Gasteiger partial charge in [-0.15, -0.1) is 0 Å². The first kappa shape index (κ1) is 18.4. The number of aliphatic carboxylic acids is 1. The van der Waals surface area contributed by atoms with Crippen molar-refractivity contribution >= 4 is 33.9 Å². The number of phenols is 1. The molecule has 11 heteroatoms. The van der Waals surface area contributed by atoms with Gasteiger partial charge in [-0.25, -0.2) is 9.78 Å². The van der Waals surface area contributed by atoms with Crippen LogP contribution >= 0.6 is 0 Å². The predicted molar refractivity (Wildman–Crippen MR) is 95.6 cm³/mol. The number of aliphatic hydroxyl groups is 3. The van der Waals surface area contributed by atoms with Gasteiger partial charge in [0, 0.05) is 24.7 Å². The van der Waals surface area contributed by atoms with Crippen molar-refractivity contribution in [1.82, 2.24) is 14.5 Å². The van der Waals surface area contributed by atoms with Gasteiger partial charge in [0.1, 0.15) is 35.1 Å². The molecule has 0 saturated carbocycles. The van der Waals surface area contributed by atoms with E-state index >= 15 is 0 Å². The number of hydrogen-bond acceptors (Lipinski definition) is 9. The molecule has 0 aliphatic carbocycles. The SMILES string of the molecule is Cn1c(N[C@@H]2O[C@H](C(=O)O)[C@@H](O)[C@H](O)[C@H]2O)nc2c3cccnc3c(O)cc21. The molecular weight excluding hydrogens is 372 g/mol. The van der Waals surface area contributed by atoms with Crippen LogP contribution in [0.4, 0.5) is 5.95 Å². The van der Waals surface area contributed by atoms with Crippen LogP contribution in [0, 0.1) is 0 Å². The summed E-state index contributed by atoms with van der Waals surface area (Å²) >= 11 is 0. The van der Waals surface area contributed by atoms with Gasteiger partial charge >= 0.3 is 5.97 Å².